The molecule has 0 radical (unpaired) electrons. The van der Waals surface area contributed by atoms with Crippen LogP contribution in [0.4, 0.5) is 0 Å². The summed E-state index contributed by atoms with van der Waals surface area (Å²) in [6.07, 6.45) is 1.56. The number of nitrogens with one attached hydrogen (secondary N) is 1. The van der Waals surface area contributed by atoms with Crippen molar-refractivity contribution in [1.82, 2.24) is 4.98 Å². The number of rotatable bonds is 3. The Kier molecular flexibility index (Phi) is 4.48. The summed E-state index contributed by atoms with van der Waals surface area (Å²) < 4.78 is 5.51. The molecule has 0 fully saturated rings. The van der Waals surface area contributed by atoms with Gasteiger partial charge in [-0.3, -0.25) is 5.41 Å². The van der Waals surface area contributed by atoms with E-state index in [9.17, 15) is 0 Å². The van der Waals surface area contributed by atoms with Crippen LogP contribution in [0, 0.1) is 5.41 Å². The minimum atomic E-state index is 0. The second kappa shape index (κ2) is 5.86. The highest BCUT2D eigenvalue weighted by Crippen LogP contribution is 2.18. The van der Waals surface area contributed by atoms with Crippen LogP contribution in [-0.4, -0.2) is 10.8 Å². The average molecular weight is 250 g/mol. The fourth-order valence-electron chi connectivity index (χ4n) is 1.24. The molecule has 2 aromatic rings. The van der Waals surface area contributed by atoms with Crippen molar-refractivity contribution in [3.05, 3.63) is 54.2 Å². The lowest BCUT2D eigenvalue weighted by molar-refractivity contribution is 0.463. The highest BCUT2D eigenvalue weighted by Gasteiger charge is 2.01. The van der Waals surface area contributed by atoms with Gasteiger partial charge in [0.25, 0.3) is 0 Å². The van der Waals surface area contributed by atoms with E-state index in [0.29, 0.717) is 17.2 Å². The zero-order valence-electron chi connectivity index (χ0n) is 8.96. The van der Waals surface area contributed by atoms with Gasteiger partial charge in [0.1, 0.15) is 11.6 Å². The molecule has 1 aromatic heterocycles. The molecule has 1 heterocycles. The number of hydrogen-bond acceptors (Lipinski definition) is 3. The van der Waals surface area contributed by atoms with Crippen LogP contribution in [0.2, 0.25) is 0 Å². The summed E-state index contributed by atoms with van der Waals surface area (Å²) in [6, 6.07) is 12.6. The van der Waals surface area contributed by atoms with Gasteiger partial charge in [0.2, 0.25) is 5.88 Å². The number of pyridine rings is 1. The molecule has 0 aliphatic rings. The number of hydrogen-bond donors (Lipinski definition) is 2. The van der Waals surface area contributed by atoms with Crippen molar-refractivity contribution in [3.63, 3.8) is 0 Å². The van der Waals surface area contributed by atoms with Crippen molar-refractivity contribution in [3.8, 4) is 11.6 Å². The zero-order valence-corrected chi connectivity index (χ0v) is 9.78. The maximum atomic E-state index is 7.31. The molecule has 0 atom stereocenters. The summed E-state index contributed by atoms with van der Waals surface area (Å²) >= 11 is 0. The Bertz CT molecular complexity index is 502. The van der Waals surface area contributed by atoms with E-state index >= 15 is 0 Å². The van der Waals surface area contributed by atoms with E-state index in [-0.39, 0.29) is 18.2 Å². The van der Waals surface area contributed by atoms with Crippen LogP contribution in [0.3, 0.4) is 0 Å². The number of para-hydroxylation sites is 1. The smallest absolute Gasteiger partial charge is 0.219 e. The molecule has 17 heavy (non-hydrogen) atoms. The fraction of sp³-hybridized carbons (Fsp3) is 0. The third kappa shape index (κ3) is 3.46. The summed E-state index contributed by atoms with van der Waals surface area (Å²) in [6.45, 7) is 0. The SMILES string of the molecule is Cl.N=C(N)c1ccnc(Oc2ccccc2)c1. The van der Waals surface area contributed by atoms with Gasteiger partial charge in [-0.05, 0) is 18.2 Å². The van der Waals surface area contributed by atoms with Crippen LogP contribution in [0.1, 0.15) is 5.56 Å². The minimum absolute atomic E-state index is 0. The van der Waals surface area contributed by atoms with E-state index in [1.807, 2.05) is 30.3 Å². The van der Waals surface area contributed by atoms with Crippen molar-refractivity contribution in [1.29, 1.82) is 5.41 Å². The van der Waals surface area contributed by atoms with E-state index in [1.54, 1.807) is 18.3 Å². The van der Waals surface area contributed by atoms with Gasteiger partial charge in [0.15, 0.2) is 0 Å². The third-order valence-electron chi connectivity index (χ3n) is 2.01. The number of nitrogens with two attached hydrogens (primary N) is 1. The molecule has 5 heteroatoms. The molecule has 0 aliphatic heterocycles. The van der Waals surface area contributed by atoms with Crippen LogP contribution in [0.25, 0.3) is 0 Å². The maximum absolute atomic E-state index is 7.31. The molecule has 88 valence electrons. The fourth-order valence-corrected chi connectivity index (χ4v) is 1.24. The number of amidine groups is 1. The monoisotopic (exact) mass is 249 g/mol. The first kappa shape index (κ1) is 13.0. The Balaban J connectivity index is 0.00000144. The van der Waals surface area contributed by atoms with Crippen molar-refractivity contribution < 1.29 is 4.74 Å². The van der Waals surface area contributed by atoms with Crippen LogP contribution >= 0.6 is 12.4 Å². The molecular formula is C12H12ClN3O. The lowest BCUT2D eigenvalue weighted by atomic mass is 10.2. The molecule has 2 rings (SSSR count). The van der Waals surface area contributed by atoms with Gasteiger partial charge in [-0.25, -0.2) is 4.98 Å². The standard InChI is InChI=1S/C12H11N3O.ClH/c13-12(14)9-6-7-15-11(8-9)16-10-4-2-1-3-5-10;/h1-8H,(H3,13,14);1H. The lowest BCUT2D eigenvalue weighted by Crippen LogP contribution is -2.11. The van der Waals surface area contributed by atoms with Crippen molar-refractivity contribution in [2.75, 3.05) is 0 Å². The highest BCUT2D eigenvalue weighted by molar-refractivity contribution is 5.95. The number of ether oxygens (including phenoxy) is 1. The van der Waals surface area contributed by atoms with Crippen molar-refractivity contribution in [2.24, 2.45) is 5.73 Å². The molecule has 0 bridgehead atoms. The largest absolute Gasteiger partial charge is 0.439 e. The quantitative estimate of drug-likeness (QED) is 0.649. The van der Waals surface area contributed by atoms with Crippen LogP contribution in [-0.2, 0) is 0 Å². The molecule has 0 aliphatic carbocycles. The van der Waals surface area contributed by atoms with E-state index in [1.165, 1.54) is 0 Å². The first-order chi connectivity index (χ1) is 7.75. The Morgan fingerprint density at radius 3 is 2.53 bits per heavy atom. The number of aromatic nitrogens is 1. The number of nitrogens with zero attached hydrogens (tertiary/aromatic N) is 1. The zero-order chi connectivity index (χ0) is 11.4. The predicted octanol–water partition coefficient (Wildman–Crippen LogP) is 2.58. The third-order valence-corrected chi connectivity index (χ3v) is 2.01. The number of benzene rings is 1. The predicted molar refractivity (Wildman–Crippen MR) is 69.0 cm³/mol. The maximum Gasteiger partial charge on any atom is 0.219 e. The molecule has 4 nitrogen and oxygen atoms in total. The van der Waals surface area contributed by atoms with Crippen LogP contribution in [0.5, 0.6) is 11.6 Å². The van der Waals surface area contributed by atoms with Crippen LogP contribution in [0.15, 0.2) is 48.7 Å². The van der Waals surface area contributed by atoms with Gasteiger partial charge in [0, 0.05) is 17.8 Å². The Morgan fingerprint density at radius 1 is 1.18 bits per heavy atom. The van der Waals surface area contributed by atoms with Gasteiger partial charge in [-0.2, -0.15) is 0 Å². The first-order valence-electron chi connectivity index (χ1n) is 4.79. The summed E-state index contributed by atoms with van der Waals surface area (Å²) in [5.74, 6) is 1.13. The second-order valence-corrected chi connectivity index (χ2v) is 3.21. The summed E-state index contributed by atoms with van der Waals surface area (Å²) in [5, 5.41) is 7.31. The molecular weight excluding hydrogens is 238 g/mol. The van der Waals surface area contributed by atoms with E-state index in [0.717, 1.165) is 0 Å². The lowest BCUT2D eigenvalue weighted by Gasteiger charge is -2.05. The normalized spacial score (nSPS) is 9.18. The number of halogens is 1. The number of nitrogen functional groups attached to an aromatic ring is 1. The van der Waals surface area contributed by atoms with Gasteiger partial charge < -0.3 is 10.5 Å². The average Bonchev–Trinajstić information content (AvgIpc) is 2.30. The summed E-state index contributed by atoms with van der Waals surface area (Å²) in [5.41, 5.74) is 5.97. The summed E-state index contributed by atoms with van der Waals surface area (Å²) in [7, 11) is 0. The van der Waals surface area contributed by atoms with E-state index in [4.69, 9.17) is 15.9 Å². The van der Waals surface area contributed by atoms with Crippen LogP contribution < -0.4 is 10.5 Å². The molecule has 3 N–H and O–H groups in total. The van der Waals surface area contributed by atoms with Gasteiger partial charge in [0.05, 0.1) is 0 Å². The van der Waals surface area contributed by atoms with E-state index in [2.05, 4.69) is 4.98 Å². The molecule has 1 aromatic carbocycles. The molecule has 0 amide bonds. The van der Waals surface area contributed by atoms with E-state index < -0.39 is 0 Å². The molecule has 0 unspecified atom stereocenters. The van der Waals surface area contributed by atoms with Gasteiger partial charge >= 0.3 is 0 Å². The molecule has 0 saturated heterocycles. The Morgan fingerprint density at radius 2 is 1.88 bits per heavy atom. The van der Waals surface area contributed by atoms with Gasteiger partial charge in [-0.15, -0.1) is 12.4 Å². The molecule has 0 saturated carbocycles. The van der Waals surface area contributed by atoms with Crippen molar-refractivity contribution in [2.45, 2.75) is 0 Å². The summed E-state index contributed by atoms with van der Waals surface area (Å²) in [4.78, 5) is 4.04. The second-order valence-electron chi connectivity index (χ2n) is 3.21. The Hall–Kier alpha value is -2.07. The van der Waals surface area contributed by atoms with Gasteiger partial charge in [-0.1, -0.05) is 18.2 Å². The topological polar surface area (TPSA) is 72.0 Å². The first-order valence-corrected chi connectivity index (χ1v) is 4.79. The highest BCUT2D eigenvalue weighted by atomic mass is 35.5. The Labute approximate surface area is 105 Å². The molecule has 0 spiro atoms. The van der Waals surface area contributed by atoms with Crippen molar-refractivity contribution >= 4 is 18.2 Å². The minimum Gasteiger partial charge on any atom is -0.439 e.